The number of aromatic nitrogens is 3. The average Bonchev–Trinajstić information content (AvgIpc) is 3.87. The van der Waals surface area contributed by atoms with E-state index in [1.165, 1.54) is 17.7 Å². The second-order valence-electron chi connectivity index (χ2n) is 13.4. The van der Waals surface area contributed by atoms with Gasteiger partial charge in [-0.25, -0.2) is 9.97 Å². The highest BCUT2D eigenvalue weighted by Gasteiger charge is 2.33. The van der Waals surface area contributed by atoms with E-state index in [2.05, 4.69) is 39.5 Å². The number of nitrogens with one attached hydrogen (secondary N) is 1. The van der Waals surface area contributed by atoms with Crippen LogP contribution in [0.5, 0.6) is 0 Å². The van der Waals surface area contributed by atoms with Crippen molar-refractivity contribution in [2.45, 2.75) is 71.6 Å². The molecule has 0 aliphatic carbocycles. The van der Waals surface area contributed by atoms with Gasteiger partial charge >= 0.3 is 0 Å². The molecule has 0 radical (unpaired) electrons. The molecule has 6 rings (SSSR count). The summed E-state index contributed by atoms with van der Waals surface area (Å²) in [4.78, 5) is 41.6. The molecule has 12 heteroatoms. The molecule has 2 fully saturated rings. The quantitative estimate of drug-likeness (QED) is 0.160. The molecule has 0 unspecified atom stereocenters. The van der Waals surface area contributed by atoms with Gasteiger partial charge in [0.1, 0.15) is 11.6 Å². The van der Waals surface area contributed by atoms with Gasteiger partial charge in [0.25, 0.3) is 11.8 Å². The first kappa shape index (κ1) is 32.6. The van der Waals surface area contributed by atoms with Crippen LogP contribution in [0, 0.1) is 16.7 Å². The van der Waals surface area contributed by atoms with Crippen LogP contribution in [0.1, 0.15) is 61.7 Å². The Balaban J connectivity index is 1.30. The average molecular weight is 656 g/mol. The number of allylic oxidation sites excluding steroid dienone is 1. The molecule has 0 bridgehead atoms. The number of anilines is 1. The predicted octanol–water partition coefficient (Wildman–Crippen LogP) is 6.10. The lowest BCUT2D eigenvalue weighted by Gasteiger charge is -2.26. The number of carbonyl (C=O) groups excluding carboxylic acids is 2. The first-order valence-electron chi connectivity index (χ1n) is 16.1. The zero-order valence-electron chi connectivity index (χ0n) is 27.4. The van der Waals surface area contributed by atoms with Crippen molar-refractivity contribution >= 4 is 40.1 Å². The number of likely N-dealkylation sites (tertiary alicyclic amines) is 2. The Morgan fingerprint density at radius 2 is 1.98 bits per heavy atom. The van der Waals surface area contributed by atoms with Crippen molar-refractivity contribution in [3.05, 3.63) is 65.0 Å². The Labute approximate surface area is 278 Å². The van der Waals surface area contributed by atoms with Gasteiger partial charge in [0.15, 0.2) is 12.2 Å². The molecule has 0 spiro atoms. The second-order valence-corrected chi connectivity index (χ2v) is 14.5. The van der Waals surface area contributed by atoms with Crippen LogP contribution in [0.4, 0.5) is 5.95 Å². The first-order valence-corrected chi connectivity index (χ1v) is 16.9. The van der Waals surface area contributed by atoms with Crippen molar-refractivity contribution in [3.8, 4) is 16.7 Å². The monoisotopic (exact) mass is 655 g/mol. The van der Waals surface area contributed by atoms with Gasteiger partial charge in [-0.15, -0.1) is 11.3 Å². The van der Waals surface area contributed by atoms with E-state index in [0.29, 0.717) is 42.3 Å². The Kier molecular flexibility index (Phi) is 9.59. The molecular formula is C35H41N7O4S. The predicted molar refractivity (Wildman–Crippen MR) is 181 cm³/mol. The minimum absolute atomic E-state index is 0.159. The summed E-state index contributed by atoms with van der Waals surface area (Å²) < 4.78 is 12.9. The van der Waals surface area contributed by atoms with Gasteiger partial charge in [-0.3, -0.25) is 19.8 Å². The molecule has 1 N–H and O–H groups in total. The van der Waals surface area contributed by atoms with Gasteiger partial charge in [0, 0.05) is 32.8 Å². The van der Waals surface area contributed by atoms with E-state index in [-0.39, 0.29) is 28.8 Å². The van der Waals surface area contributed by atoms with Crippen LogP contribution in [-0.4, -0.2) is 75.0 Å². The van der Waals surface area contributed by atoms with Gasteiger partial charge in [-0.05, 0) is 67.5 Å². The summed E-state index contributed by atoms with van der Waals surface area (Å²) in [6.45, 7) is 9.46. The molecule has 246 valence electrons. The summed E-state index contributed by atoms with van der Waals surface area (Å²) in [5.74, 6) is 0.483. The SMILES string of the molecule is COC[C@H]1CCCN1Cc1ccc2c(c1)nc(NC(=O)c1ccc(-c3cnco3)s1)n2C[C@H]1CCCN1C(=O)/C(C#N)=C/C(C)(C)C. The molecule has 5 heterocycles. The maximum absolute atomic E-state index is 13.6. The number of nitrogens with zero attached hydrogens (tertiary/aromatic N) is 6. The van der Waals surface area contributed by atoms with Crippen LogP contribution in [-0.2, 0) is 22.6 Å². The zero-order valence-corrected chi connectivity index (χ0v) is 28.2. The maximum atomic E-state index is 13.6. The lowest BCUT2D eigenvalue weighted by Crippen LogP contribution is -2.39. The number of benzene rings is 1. The summed E-state index contributed by atoms with van der Waals surface area (Å²) >= 11 is 1.31. The van der Waals surface area contributed by atoms with Crippen molar-refractivity contribution in [1.29, 1.82) is 5.26 Å². The van der Waals surface area contributed by atoms with Crippen molar-refractivity contribution in [2.24, 2.45) is 5.41 Å². The number of methoxy groups -OCH3 is 1. The summed E-state index contributed by atoms with van der Waals surface area (Å²) in [5.41, 5.74) is 2.64. The van der Waals surface area contributed by atoms with Crippen molar-refractivity contribution in [3.63, 3.8) is 0 Å². The van der Waals surface area contributed by atoms with E-state index in [0.717, 1.165) is 60.2 Å². The van der Waals surface area contributed by atoms with Crippen LogP contribution in [0.3, 0.4) is 0 Å². The number of ether oxygens (including phenoxy) is 1. The normalized spacial score (nSPS) is 19.0. The van der Waals surface area contributed by atoms with E-state index in [9.17, 15) is 14.9 Å². The van der Waals surface area contributed by atoms with Gasteiger partial charge in [-0.1, -0.05) is 32.9 Å². The summed E-state index contributed by atoms with van der Waals surface area (Å²) in [6.07, 6.45) is 8.62. The molecule has 47 heavy (non-hydrogen) atoms. The minimum atomic E-state index is -0.306. The van der Waals surface area contributed by atoms with E-state index in [4.69, 9.17) is 14.1 Å². The third-order valence-electron chi connectivity index (χ3n) is 8.75. The number of oxazole rings is 1. The third-order valence-corrected chi connectivity index (χ3v) is 9.84. The number of hydrogen-bond donors (Lipinski definition) is 1. The smallest absolute Gasteiger partial charge is 0.268 e. The molecule has 0 saturated carbocycles. The molecular weight excluding hydrogens is 614 g/mol. The van der Waals surface area contributed by atoms with Gasteiger partial charge in [0.2, 0.25) is 5.95 Å². The van der Waals surface area contributed by atoms with E-state index < -0.39 is 0 Å². The molecule has 1 aromatic carbocycles. The van der Waals surface area contributed by atoms with Crippen LogP contribution in [0.2, 0.25) is 0 Å². The van der Waals surface area contributed by atoms with Crippen molar-refractivity contribution in [2.75, 3.05) is 32.1 Å². The fraction of sp³-hybridized carbons (Fsp3) is 0.457. The largest absolute Gasteiger partial charge is 0.443 e. The van der Waals surface area contributed by atoms with Crippen LogP contribution in [0.15, 0.2) is 59.0 Å². The number of fused-ring (bicyclic) bond motifs is 1. The van der Waals surface area contributed by atoms with Crippen LogP contribution in [0.25, 0.3) is 21.7 Å². The van der Waals surface area contributed by atoms with Crippen LogP contribution >= 0.6 is 11.3 Å². The van der Waals surface area contributed by atoms with Crippen LogP contribution < -0.4 is 5.32 Å². The number of imidazole rings is 1. The molecule has 2 aliphatic heterocycles. The van der Waals surface area contributed by atoms with E-state index in [1.54, 1.807) is 30.3 Å². The van der Waals surface area contributed by atoms with E-state index in [1.807, 2.05) is 31.4 Å². The number of rotatable bonds is 10. The van der Waals surface area contributed by atoms with Crippen molar-refractivity contribution in [1.82, 2.24) is 24.3 Å². The highest BCUT2D eigenvalue weighted by atomic mass is 32.1. The standard InChI is InChI=1S/C35H41N7O4S/c1-35(2,3)16-24(17-36)33(44)41-14-6-7-25(41)20-42-28-10-9-23(19-40-13-5-8-26(40)21-45-4)15-27(28)38-34(42)39-32(43)31-12-11-30(47-31)29-18-37-22-46-29/h9-12,15-16,18,22,25-26H,5-8,13-14,19-21H2,1-4H3,(H,38,39,43)/b24-16+/t25-,26-/m1/s1. The molecule has 2 amide bonds. The number of hydrogen-bond acceptors (Lipinski definition) is 9. The maximum Gasteiger partial charge on any atom is 0.268 e. The highest BCUT2D eigenvalue weighted by Crippen LogP contribution is 2.31. The zero-order chi connectivity index (χ0) is 33.1. The van der Waals surface area contributed by atoms with E-state index >= 15 is 0 Å². The Morgan fingerprint density at radius 1 is 1.17 bits per heavy atom. The Bertz CT molecular complexity index is 1810. The number of carbonyl (C=O) groups is 2. The minimum Gasteiger partial charge on any atom is -0.443 e. The fourth-order valence-corrected chi connectivity index (χ4v) is 7.45. The lowest BCUT2D eigenvalue weighted by atomic mass is 9.93. The summed E-state index contributed by atoms with van der Waals surface area (Å²) in [5, 5.41) is 12.9. The summed E-state index contributed by atoms with van der Waals surface area (Å²) in [6, 6.07) is 12.2. The number of nitriles is 1. The number of amides is 2. The van der Waals surface area contributed by atoms with Gasteiger partial charge in [0.05, 0.1) is 39.6 Å². The Hall–Kier alpha value is -4.31. The molecule has 4 aromatic rings. The first-order chi connectivity index (χ1) is 22.6. The van der Waals surface area contributed by atoms with Gasteiger partial charge < -0.3 is 18.6 Å². The fourth-order valence-electron chi connectivity index (χ4n) is 6.60. The molecule has 2 saturated heterocycles. The lowest BCUT2D eigenvalue weighted by molar-refractivity contribution is -0.127. The Morgan fingerprint density at radius 3 is 2.72 bits per heavy atom. The molecule has 3 aromatic heterocycles. The second kappa shape index (κ2) is 13.8. The molecule has 2 aliphatic rings. The van der Waals surface area contributed by atoms with Gasteiger partial charge in [-0.2, -0.15) is 5.26 Å². The molecule has 11 nitrogen and oxygen atoms in total. The molecule has 2 atom stereocenters. The third kappa shape index (κ3) is 7.32. The number of thiophene rings is 1. The highest BCUT2D eigenvalue weighted by molar-refractivity contribution is 7.17. The van der Waals surface area contributed by atoms with Crippen molar-refractivity contribution < 1.29 is 18.7 Å². The topological polar surface area (TPSA) is 130 Å². The summed E-state index contributed by atoms with van der Waals surface area (Å²) in [7, 11) is 1.75.